The molecule has 8 nitrogen and oxygen atoms in total. The van der Waals surface area contributed by atoms with E-state index in [1.165, 1.54) is 64.2 Å². The maximum Gasteiger partial charge on any atom is 2.00 e. The Balaban J connectivity index is 0.000000413. The standard InChI is InChI=1S/C26H34N6.2C6H5O.2Fe/c1(3-5-7-13-19-31-21-25(27-29-31)23-15-9-10-16-23)2-4-6-8-14-20-32-22-26(28-30-32)24-17-11-12-18-24;2*7-5-6-3-1-2-4-6;;/h9-12,15-18,21-22H,1-8,13-14,19-20H2;2*1-5H;;/q;;;2*+2. The molecule has 0 bridgehead atoms. The summed E-state index contributed by atoms with van der Waals surface area (Å²) in [5.41, 5.74) is 1.94. The Morgan fingerprint density at radius 1 is 0.438 bits per heavy atom. The number of rotatable bonds is 17. The van der Waals surface area contributed by atoms with Crippen LogP contribution < -0.4 is 0 Å². The minimum atomic E-state index is 0. The fraction of sp³-hybridized carbons (Fsp3) is 0.316. The maximum absolute atomic E-state index is 9.87. The van der Waals surface area contributed by atoms with Crippen LogP contribution in [0.4, 0.5) is 0 Å². The van der Waals surface area contributed by atoms with Gasteiger partial charge in [0.2, 0.25) is 0 Å². The van der Waals surface area contributed by atoms with Crippen LogP contribution in [0.15, 0.2) is 12.4 Å². The van der Waals surface area contributed by atoms with Gasteiger partial charge in [-0.1, -0.05) is 61.8 Å². The van der Waals surface area contributed by atoms with Gasteiger partial charge in [-0.25, -0.2) is 0 Å². The van der Waals surface area contributed by atoms with Crippen LogP contribution >= 0.6 is 0 Å². The Morgan fingerprint density at radius 3 is 1.02 bits per heavy atom. The number of aryl methyl sites for hydroxylation is 2. The summed E-state index contributed by atoms with van der Waals surface area (Å²) in [6, 6.07) is 0. The van der Waals surface area contributed by atoms with E-state index in [1.54, 1.807) is 25.7 Å². The number of unbranched alkanes of at least 4 members (excludes halogenated alkanes) is 9. The second-order valence-electron chi connectivity index (χ2n) is 11.3. The van der Waals surface area contributed by atoms with Crippen molar-refractivity contribution in [3.05, 3.63) is 150 Å². The predicted molar refractivity (Wildman–Crippen MR) is 178 cm³/mol. The summed E-state index contributed by atoms with van der Waals surface area (Å²) in [6.45, 7) is 1.93. The van der Waals surface area contributed by atoms with Gasteiger partial charge in [0.1, 0.15) is 12.6 Å². The van der Waals surface area contributed by atoms with Gasteiger partial charge in [0.15, 0.2) is 0 Å². The van der Waals surface area contributed by atoms with Gasteiger partial charge in [0.05, 0.1) is 11.4 Å². The summed E-state index contributed by atoms with van der Waals surface area (Å²) in [4.78, 5) is 19.7. The molecule has 0 N–H and O–H groups in total. The molecule has 48 heavy (non-hydrogen) atoms. The molecule has 4 aliphatic rings. The first kappa shape index (κ1) is 42.8. The molecule has 10 heteroatoms. The molecule has 4 saturated carbocycles. The molecule has 4 aliphatic carbocycles. The van der Waals surface area contributed by atoms with E-state index in [9.17, 15) is 9.59 Å². The number of hydrogen-bond donors (Lipinski definition) is 0. The van der Waals surface area contributed by atoms with Gasteiger partial charge in [-0.2, -0.15) is 0 Å². The van der Waals surface area contributed by atoms with Gasteiger partial charge in [-0.3, -0.25) is 9.36 Å². The molecule has 0 atom stereocenters. The summed E-state index contributed by atoms with van der Waals surface area (Å²) in [7, 11) is 0. The molecule has 0 amide bonds. The molecule has 0 aromatic carbocycles. The molecule has 2 aromatic rings. The number of carbonyl (C=O) groups is 2. The molecule has 0 aliphatic heterocycles. The second-order valence-corrected chi connectivity index (χ2v) is 11.3. The SMILES string of the molecule is O=C[C]1[CH][CH][CH][CH]1.O=C[C]1[CH][CH][CH][CH]1.[CH]1[CH][CH][C](c2cn(CCCCCCCCCCCCn3cc([C]4[CH][CH][CH][CH]4)nn3)nn2)[CH]1.[Fe+2].[Fe+2]. The molecule has 0 saturated heterocycles. The Hall–Kier alpha value is -1.34. The van der Waals surface area contributed by atoms with Crippen LogP contribution in [0, 0.1) is 126 Å². The van der Waals surface area contributed by atoms with E-state index in [-0.39, 0.29) is 34.1 Å². The van der Waals surface area contributed by atoms with E-state index in [4.69, 9.17) is 0 Å². The van der Waals surface area contributed by atoms with Crippen LogP contribution in [0.1, 0.15) is 75.6 Å². The van der Waals surface area contributed by atoms with Crippen LogP contribution in [-0.2, 0) is 56.8 Å². The second kappa shape index (κ2) is 26.5. The average Bonchev–Trinajstić information content (AvgIpc) is 3.93. The minimum Gasteiger partial charge on any atom is -0.303 e. The normalized spacial score (nSPS) is 18.4. The zero-order valence-electron chi connectivity index (χ0n) is 27.2. The van der Waals surface area contributed by atoms with Crippen molar-refractivity contribution in [2.24, 2.45) is 0 Å². The molecular formula is C38H44Fe2N6O2+4. The quantitative estimate of drug-likeness (QED) is 0.110. The fourth-order valence-electron chi connectivity index (χ4n) is 5.07. The van der Waals surface area contributed by atoms with Crippen LogP contribution in [0.3, 0.4) is 0 Å². The molecule has 0 unspecified atom stereocenters. The number of nitrogens with zero attached hydrogens (tertiary/aromatic N) is 6. The summed E-state index contributed by atoms with van der Waals surface area (Å²) in [5, 5.41) is 17.0. The molecule has 2 heterocycles. The number of carbonyl (C=O) groups excluding carboxylic acids is 2. The third-order valence-corrected chi connectivity index (χ3v) is 7.67. The predicted octanol–water partition coefficient (Wildman–Crippen LogP) is 6.15. The first-order valence-corrected chi connectivity index (χ1v) is 16.3. The van der Waals surface area contributed by atoms with E-state index in [0.717, 1.165) is 60.7 Å². The number of hydrogen-bond acceptors (Lipinski definition) is 6. The molecule has 4 fully saturated rings. The van der Waals surface area contributed by atoms with Gasteiger partial charge in [0, 0.05) is 49.2 Å². The van der Waals surface area contributed by atoms with Crippen molar-refractivity contribution >= 4 is 12.6 Å². The Kier molecular flexibility index (Phi) is 23.6. The van der Waals surface area contributed by atoms with Gasteiger partial charge in [-0.15, -0.1) is 10.2 Å². The van der Waals surface area contributed by atoms with Crippen molar-refractivity contribution in [1.82, 2.24) is 30.0 Å². The summed E-state index contributed by atoms with van der Waals surface area (Å²) in [6.07, 6.45) is 49.6. The Morgan fingerprint density at radius 2 is 0.729 bits per heavy atom. The van der Waals surface area contributed by atoms with Crippen molar-refractivity contribution in [3.8, 4) is 0 Å². The van der Waals surface area contributed by atoms with E-state index < -0.39 is 0 Å². The van der Waals surface area contributed by atoms with E-state index in [0.29, 0.717) is 0 Å². The van der Waals surface area contributed by atoms with Crippen LogP contribution in [-0.4, -0.2) is 42.6 Å². The number of aromatic nitrogens is 6. The van der Waals surface area contributed by atoms with Gasteiger partial charge < -0.3 is 9.59 Å². The molecule has 6 rings (SSSR count). The summed E-state index contributed by atoms with van der Waals surface area (Å²) in [5.74, 6) is 3.80. The fourth-order valence-corrected chi connectivity index (χ4v) is 5.07. The van der Waals surface area contributed by atoms with Gasteiger partial charge in [-0.05, 0) is 116 Å². The van der Waals surface area contributed by atoms with Crippen molar-refractivity contribution in [2.45, 2.75) is 77.3 Å². The van der Waals surface area contributed by atoms with Crippen molar-refractivity contribution < 1.29 is 43.7 Å². The third-order valence-electron chi connectivity index (χ3n) is 7.67. The van der Waals surface area contributed by atoms with Crippen molar-refractivity contribution in [1.29, 1.82) is 0 Å². The molecule has 0 spiro atoms. The topological polar surface area (TPSA) is 95.6 Å². The molecule has 20 radical (unpaired) electrons. The summed E-state index contributed by atoms with van der Waals surface area (Å²) >= 11 is 0. The van der Waals surface area contributed by atoms with E-state index in [1.807, 2.05) is 60.7 Å². The largest absolute Gasteiger partial charge is 2.00 e. The minimum absolute atomic E-state index is 0. The zero-order chi connectivity index (χ0) is 32.1. The average molecular weight is 729 g/mol. The summed E-state index contributed by atoms with van der Waals surface area (Å²) < 4.78 is 3.95. The first-order chi connectivity index (χ1) is 22.7. The Labute approximate surface area is 312 Å². The Bertz CT molecular complexity index is 987. The van der Waals surface area contributed by atoms with Gasteiger partial charge >= 0.3 is 34.1 Å². The van der Waals surface area contributed by atoms with Crippen LogP contribution in [0.25, 0.3) is 0 Å². The van der Waals surface area contributed by atoms with Crippen LogP contribution in [0.5, 0.6) is 0 Å². The monoisotopic (exact) mass is 728 g/mol. The smallest absolute Gasteiger partial charge is 0.303 e. The third kappa shape index (κ3) is 16.6. The first-order valence-electron chi connectivity index (χ1n) is 16.3. The van der Waals surface area contributed by atoms with E-state index >= 15 is 0 Å². The molecule has 2 aromatic heterocycles. The number of aldehydes is 2. The maximum atomic E-state index is 9.87. The zero-order valence-corrected chi connectivity index (χ0v) is 29.4. The van der Waals surface area contributed by atoms with Crippen molar-refractivity contribution in [2.75, 3.05) is 0 Å². The molecular weight excluding hydrogens is 684 g/mol. The van der Waals surface area contributed by atoms with Crippen molar-refractivity contribution in [3.63, 3.8) is 0 Å². The van der Waals surface area contributed by atoms with E-state index in [2.05, 4.69) is 58.7 Å². The van der Waals surface area contributed by atoms with Crippen LogP contribution in [0.2, 0.25) is 0 Å². The molecule has 250 valence electrons. The van der Waals surface area contributed by atoms with Gasteiger partial charge in [0.25, 0.3) is 0 Å².